The first kappa shape index (κ1) is 22.4. The monoisotopic (exact) mass is 450 g/mol. The van der Waals surface area contributed by atoms with Gasteiger partial charge >= 0.3 is 0 Å². The minimum atomic E-state index is -0.448. The van der Waals surface area contributed by atoms with Crippen molar-refractivity contribution in [3.05, 3.63) is 98.5 Å². The fourth-order valence-corrected chi connectivity index (χ4v) is 3.17. The number of hydrogen-bond donors (Lipinski definition) is 1. The zero-order valence-electron chi connectivity index (χ0n) is 17.1. The zero-order chi connectivity index (χ0) is 22.4. The Balaban J connectivity index is 1.67. The molecule has 0 radical (unpaired) electrons. The van der Waals surface area contributed by atoms with Crippen molar-refractivity contribution in [1.82, 2.24) is 0 Å². The van der Waals surface area contributed by atoms with Crippen molar-refractivity contribution in [2.45, 2.75) is 20.5 Å². The molecule has 4 nitrogen and oxygen atoms in total. The number of nitriles is 1. The summed E-state index contributed by atoms with van der Waals surface area (Å²) in [5, 5.41) is 13.2. The van der Waals surface area contributed by atoms with E-state index < -0.39 is 5.91 Å². The summed E-state index contributed by atoms with van der Waals surface area (Å²) in [6.45, 7) is 4.24. The first-order valence-corrected chi connectivity index (χ1v) is 10.3. The molecule has 0 aliphatic carbocycles. The highest BCUT2D eigenvalue weighted by Crippen LogP contribution is 2.24. The number of benzene rings is 3. The first-order valence-electron chi connectivity index (χ1n) is 9.53. The average molecular weight is 451 g/mol. The number of nitrogens with zero attached hydrogens (tertiary/aromatic N) is 1. The lowest BCUT2D eigenvalue weighted by Gasteiger charge is -2.10. The maximum atomic E-state index is 12.5. The predicted molar refractivity (Wildman–Crippen MR) is 125 cm³/mol. The van der Waals surface area contributed by atoms with Gasteiger partial charge in [0.15, 0.2) is 0 Å². The minimum Gasteiger partial charge on any atom is -0.489 e. The highest BCUT2D eigenvalue weighted by Gasteiger charge is 2.11. The van der Waals surface area contributed by atoms with Crippen LogP contribution in [0.1, 0.15) is 22.3 Å². The molecular weight excluding hydrogens is 431 g/mol. The second-order valence-electron chi connectivity index (χ2n) is 6.98. The number of carbonyl (C=O) groups is 1. The van der Waals surface area contributed by atoms with Crippen molar-refractivity contribution in [1.29, 1.82) is 5.26 Å². The molecule has 3 rings (SSSR count). The SMILES string of the molecule is Cc1cccc(NC(=O)/C(C#N)=C/c2ccc(OCc3ccc(Cl)c(Cl)c3)cc2)c1C. The molecule has 0 atom stereocenters. The van der Waals surface area contributed by atoms with Crippen LogP contribution in [0.25, 0.3) is 6.08 Å². The molecule has 1 amide bonds. The van der Waals surface area contributed by atoms with Crippen LogP contribution in [0.2, 0.25) is 10.0 Å². The van der Waals surface area contributed by atoms with Gasteiger partial charge in [-0.15, -0.1) is 0 Å². The summed E-state index contributed by atoms with van der Waals surface area (Å²) in [5.74, 6) is 0.206. The van der Waals surface area contributed by atoms with Gasteiger partial charge in [-0.25, -0.2) is 0 Å². The molecule has 0 aliphatic rings. The highest BCUT2D eigenvalue weighted by molar-refractivity contribution is 6.42. The number of ether oxygens (including phenoxy) is 1. The van der Waals surface area contributed by atoms with Gasteiger partial charge in [0.1, 0.15) is 24.0 Å². The third kappa shape index (κ3) is 5.88. The molecule has 6 heteroatoms. The molecule has 3 aromatic carbocycles. The van der Waals surface area contributed by atoms with Crippen molar-refractivity contribution < 1.29 is 9.53 Å². The van der Waals surface area contributed by atoms with Crippen LogP contribution in [0.4, 0.5) is 5.69 Å². The van der Waals surface area contributed by atoms with Gasteiger partial charge in [-0.2, -0.15) is 5.26 Å². The van der Waals surface area contributed by atoms with Crippen molar-refractivity contribution in [2.75, 3.05) is 5.32 Å². The molecule has 0 spiro atoms. The van der Waals surface area contributed by atoms with E-state index >= 15 is 0 Å². The normalized spacial score (nSPS) is 11.0. The van der Waals surface area contributed by atoms with Crippen LogP contribution in [0, 0.1) is 25.2 Å². The fraction of sp³-hybridized carbons (Fsp3) is 0.120. The number of hydrogen-bond acceptors (Lipinski definition) is 3. The standard InChI is InChI=1S/C25H20Cl2N2O2/c1-16-4-3-5-24(17(16)2)29-25(30)20(14-28)12-18-6-9-21(10-7-18)31-15-19-8-11-22(26)23(27)13-19/h3-13H,15H2,1-2H3,(H,29,30)/b20-12+. The third-order valence-corrected chi connectivity index (χ3v) is 5.54. The Morgan fingerprint density at radius 1 is 1.06 bits per heavy atom. The Labute approximate surface area is 191 Å². The molecular formula is C25H20Cl2N2O2. The quantitative estimate of drug-likeness (QED) is 0.334. The van der Waals surface area contributed by atoms with Crippen molar-refractivity contribution in [2.24, 2.45) is 0 Å². The van der Waals surface area contributed by atoms with Crippen molar-refractivity contribution in [3.63, 3.8) is 0 Å². The molecule has 0 bridgehead atoms. The number of rotatable bonds is 6. The van der Waals surface area contributed by atoms with E-state index in [0.717, 1.165) is 22.3 Å². The molecule has 0 saturated heterocycles. The van der Waals surface area contributed by atoms with Gasteiger partial charge in [-0.1, -0.05) is 53.5 Å². The molecule has 0 saturated carbocycles. The summed E-state index contributed by atoms with van der Waals surface area (Å²) >= 11 is 11.9. The second-order valence-corrected chi connectivity index (χ2v) is 7.79. The maximum Gasteiger partial charge on any atom is 0.266 e. The van der Waals surface area contributed by atoms with Crippen LogP contribution in [-0.2, 0) is 11.4 Å². The lowest BCUT2D eigenvalue weighted by atomic mass is 10.1. The number of halogens is 2. The predicted octanol–water partition coefficient (Wildman–Crippen LogP) is 6.73. The molecule has 0 heterocycles. The molecule has 1 N–H and O–H groups in total. The number of nitrogens with one attached hydrogen (secondary N) is 1. The topological polar surface area (TPSA) is 62.1 Å². The Morgan fingerprint density at radius 2 is 1.81 bits per heavy atom. The van der Waals surface area contributed by atoms with Crippen molar-refractivity contribution in [3.8, 4) is 11.8 Å². The number of carbonyl (C=O) groups excluding carboxylic acids is 1. The number of amides is 1. The smallest absolute Gasteiger partial charge is 0.266 e. The van der Waals surface area contributed by atoms with Gasteiger partial charge in [0.2, 0.25) is 0 Å². The molecule has 0 fully saturated rings. The Kier molecular flexibility index (Phi) is 7.36. The zero-order valence-corrected chi connectivity index (χ0v) is 18.6. The van der Waals surface area contributed by atoms with E-state index in [2.05, 4.69) is 5.32 Å². The van der Waals surface area contributed by atoms with Crippen LogP contribution < -0.4 is 10.1 Å². The molecule has 156 valence electrons. The maximum absolute atomic E-state index is 12.5. The molecule has 0 aromatic heterocycles. The summed E-state index contributed by atoms with van der Waals surface area (Å²) in [6, 6.07) is 20.1. The highest BCUT2D eigenvalue weighted by atomic mass is 35.5. The van der Waals surface area contributed by atoms with Crippen LogP contribution in [0.3, 0.4) is 0 Å². The van der Waals surface area contributed by atoms with Gasteiger partial charge in [0, 0.05) is 5.69 Å². The largest absolute Gasteiger partial charge is 0.489 e. The van der Waals surface area contributed by atoms with E-state index in [9.17, 15) is 10.1 Å². The molecule has 0 unspecified atom stereocenters. The Hall–Kier alpha value is -3.26. The third-order valence-electron chi connectivity index (χ3n) is 4.80. The lowest BCUT2D eigenvalue weighted by molar-refractivity contribution is -0.112. The minimum absolute atomic E-state index is 0.0189. The Morgan fingerprint density at radius 3 is 2.48 bits per heavy atom. The summed E-state index contributed by atoms with van der Waals surface area (Å²) in [5.41, 5.74) is 4.36. The summed E-state index contributed by atoms with van der Waals surface area (Å²) in [4.78, 5) is 12.5. The number of aryl methyl sites for hydroxylation is 1. The van der Waals surface area contributed by atoms with Gasteiger partial charge in [0.25, 0.3) is 5.91 Å². The second kappa shape index (κ2) is 10.2. The van der Waals surface area contributed by atoms with Crippen molar-refractivity contribution >= 4 is 40.9 Å². The number of anilines is 1. The Bertz CT molecular complexity index is 1180. The van der Waals surface area contributed by atoms with Crippen LogP contribution in [0.15, 0.2) is 66.2 Å². The summed E-state index contributed by atoms with van der Waals surface area (Å²) < 4.78 is 5.76. The fourth-order valence-electron chi connectivity index (χ4n) is 2.85. The first-order chi connectivity index (χ1) is 14.9. The molecule has 0 aliphatic heterocycles. The lowest BCUT2D eigenvalue weighted by Crippen LogP contribution is -2.14. The van der Waals surface area contributed by atoms with E-state index in [0.29, 0.717) is 28.1 Å². The van der Waals surface area contributed by atoms with E-state index in [1.165, 1.54) is 0 Å². The van der Waals surface area contributed by atoms with E-state index in [4.69, 9.17) is 27.9 Å². The molecule has 31 heavy (non-hydrogen) atoms. The van der Waals surface area contributed by atoms with Gasteiger partial charge in [-0.05, 0) is 72.5 Å². The van der Waals surface area contributed by atoms with Crippen LogP contribution >= 0.6 is 23.2 Å². The van der Waals surface area contributed by atoms with E-state index in [1.807, 2.05) is 44.2 Å². The van der Waals surface area contributed by atoms with Gasteiger partial charge < -0.3 is 10.1 Å². The van der Waals surface area contributed by atoms with Crippen LogP contribution in [0.5, 0.6) is 5.75 Å². The van der Waals surface area contributed by atoms with Gasteiger partial charge in [-0.3, -0.25) is 4.79 Å². The molecule has 3 aromatic rings. The summed E-state index contributed by atoms with van der Waals surface area (Å²) in [7, 11) is 0. The van der Waals surface area contributed by atoms with E-state index in [1.54, 1.807) is 42.5 Å². The average Bonchev–Trinajstić information content (AvgIpc) is 2.76. The summed E-state index contributed by atoms with van der Waals surface area (Å²) in [6.07, 6.45) is 1.54. The van der Waals surface area contributed by atoms with Crippen LogP contribution in [-0.4, -0.2) is 5.91 Å². The van der Waals surface area contributed by atoms with E-state index in [-0.39, 0.29) is 5.57 Å². The van der Waals surface area contributed by atoms with Gasteiger partial charge in [0.05, 0.1) is 10.0 Å².